The SMILES string of the molecule is C/C=C/c1cnc2c(c1)C(=O)N([C@H](C)CO)C[C@@H](C)[C@@H](CN(C)S(=O)(=O)c1cn(C)cn1)O2. The third-order valence-corrected chi connectivity index (χ3v) is 7.40. The lowest BCUT2D eigenvalue weighted by Gasteiger charge is -2.37. The Balaban J connectivity index is 1.97. The second-order valence-electron chi connectivity index (χ2n) is 8.41. The molecule has 180 valence electrons. The number of allylic oxidation sites excluding steroid dienone is 1. The van der Waals surface area contributed by atoms with Crippen molar-refractivity contribution in [2.24, 2.45) is 13.0 Å². The van der Waals surface area contributed by atoms with Crippen molar-refractivity contribution in [2.45, 2.75) is 37.9 Å². The molecule has 0 bridgehead atoms. The number of amides is 1. The van der Waals surface area contributed by atoms with Crippen LogP contribution in [0, 0.1) is 5.92 Å². The Morgan fingerprint density at radius 2 is 2.12 bits per heavy atom. The van der Waals surface area contributed by atoms with Crippen LogP contribution in [-0.2, 0) is 17.1 Å². The Kier molecular flexibility index (Phi) is 7.55. The minimum absolute atomic E-state index is 0.0351. The number of aliphatic hydroxyl groups excluding tert-OH is 1. The number of aliphatic hydroxyl groups is 1. The Bertz CT molecular complexity index is 1130. The smallest absolute Gasteiger partial charge is 0.261 e. The molecule has 2 aromatic rings. The molecule has 33 heavy (non-hydrogen) atoms. The van der Waals surface area contributed by atoms with E-state index in [4.69, 9.17) is 4.74 Å². The fourth-order valence-corrected chi connectivity index (χ4v) is 4.80. The summed E-state index contributed by atoms with van der Waals surface area (Å²) >= 11 is 0. The predicted molar refractivity (Wildman–Crippen MR) is 123 cm³/mol. The zero-order valence-electron chi connectivity index (χ0n) is 19.5. The van der Waals surface area contributed by atoms with Crippen LogP contribution in [-0.4, -0.2) is 82.1 Å². The second-order valence-corrected chi connectivity index (χ2v) is 10.4. The van der Waals surface area contributed by atoms with Crippen molar-refractivity contribution in [3.05, 3.63) is 42.0 Å². The molecule has 1 amide bonds. The topological polar surface area (TPSA) is 118 Å². The maximum absolute atomic E-state index is 13.3. The molecular weight excluding hydrogens is 446 g/mol. The van der Waals surface area contributed by atoms with E-state index < -0.39 is 22.2 Å². The van der Waals surface area contributed by atoms with Gasteiger partial charge in [-0.25, -0.2) is 18.4 Å². The molecule has 1 N–H and O–H groups in total. The van der Waals surface area contributed by atoms with Gasteiger partial charge >= 0.3 is 0 Å². The van der Waals surface area contributed by atoms with Gasteiger partial charge in [-0.3, -0.25) is 4.79 Å². The van der Waals surface area contributed by atoms with E-state index in [0.29, 0.717) is 0 Å². The van der Waals surface area contributed by atoms with Crippen LogP contribution in [0.3, 0.4) is 0 Å². The fourth-order valence-electron chi connectivity index (χ4n) is 3.65. The Morgan fingerprint density at radius 3 is 2.73 bits per heavy atom. The molecule has 0 saturated carbocycles. The molecule has 0 aliphatic carbocycles. The van der Waals surface area contributed by atoms with Crippen LogP contribution < -0.4 is 4.74 Å². The first-order valence-electron chi connectivity index (χ1n) is 10.7. The highest BCUT2D eigenvalue weighted by Gasteiger charge is 2.36. The Morgan fingerprint density at radius 1 is 1.39 bits per heavy atom. The molecule has 0 radical (unpaired) electrons. The molecular formula is C22H31N5O5S. The number of hydrogen-bond acceptors (Lipinski definition) is 7. The zero-order chi connectivity index (χ0) is 24.3. The maximum Gasteiger partial charge on any atom is 0.261 e. The van der Waals surface area contributed by atoms with Crippen molar-refractivity contribution < 1.29 is 23.1 Å². The molecule has 3 atom stereocenters. The molecule has 0 saturated heterocycles. The van der Waals surface area contributed by atoms with Crippen LogP contribution in [0.5, 0.6) is 5.88 Å². The first kappa shape index (κ1) is 24.9. The van der Waals surface area contributed by atoms with Gasteiger partial charge in [0.25, 0.3) is 15.9 Å². The minimum atomic E-state index is -3.83. The molecule has 1 aliphatic heterocycles. The Hall–Kier alpha value is -2.76. The highest BCUT2D eigenvalue weighted by Crippen LogP contribution is 2.28. The molecule has 2 aromatic heterocycles. The van der Waals surface area contributed by atoms with E-state index in [1.807, 2.05) is 26.0 Å². The number of rotatable bonds is 7. The molecule has 3 rings (SSSR count). The van der Waals surface area contributed by atoms with Crippen molar-refractivity contribution in [3.8, 4) is 5.88 Å². The number of carbonyl (C=O) groups is 1. The van der Waals surface area contributed by atoms with E-state index in [9.17, 15) is 18.3 Å². The third kappa shape index (κ3) is 5.26. The molecule has 3 heterocycles. The lowest BCUT2D eigenvalue weighted by Crippen LogP contribution is -2.50. The van der Waals surface area contributed by atoms with Crippen LogP contribution >= 0.6 is 0 Å². The Labute approximate surface area is 194 Å². The van der Waals surface area contributed by atoms with Gasteiger partial charge in [0, 0.05) is 39.0 Å². The van der Waals surface area contributed by atoms with Gasteiger partial charge in [-0.05, 0) is 25.5 Å². The monoisotopic (exact) mass is 477 g/mol. The van der Waals surface area contributed by atoms with E-state index >= 15 is 0 Å². The highest BCUT2D eigenvalue weighted by molar-refractivity contribution is 7.89. The van der Waals surface area contributed by atoms with Gasteiger partial charge in [0.2, 0.25) is 5.88 Å². The standard InChI is InChI=1S/C22H31N5O5S/c1-6-7-17-8-18-21(23-9-17)32-19(15(2)10-27(22(18)29)16(3)13-28)11-26(5)33(30,31)20-12-25(4)14-24-20/h6-9,12,14-16,19,28H,10-11,13H2,1-5H3/b7-6+/t15-,16-,19-/m1/s1. The number of aromatic nitrogens is 3. The normalized spacial score (nSPS) is 20.5. The van der Waals surface area contributed by atoms with Crippen LogP contribution in [0.2, 0.25) is 0 Å². The van der Waals surface area contributed by atoms with Gasteiger partial charge in [-0.2, -0.15) is 4.31 Å². The van der Waals surface area contributed by atoms with Crippen molar-refractivity contribution in [1.82, 2.24) is 23.7 Å². The van der Waals surface area contributed by atoms with Crippen molar-refractivity contribution in [1.29, 1.82) is 0 Å². The number of hydrogen-bond donors (Lipinski definition) is 1. The van der Waals surface area contributed by atoms with E-state index in [1.54, 1.807) is 35.7 Å². The van der Waals surface area contributed by atoms with Crippen LogP contribution in [0.1, 0.15) is 36.7 Å². The second kappa shape index (κ2) is 10.0. The van der Waals surface area contributed by atoms with Crippen molar-refractivity contribution in [3.63, 3.8) is 0 Å². The number of aryl methyl sites for hydroxylation is 1. The molecule has 0 aromatic carbocycles. The summed E-state index contributed by atoms with van der Waals surface area (Å²) in [6.45, 7) is 5.64. The lowest BCUT2D eigenvalue weighted by atomic mass is 10.00. The minimum Gasteiger partial charge on any atom is -0.472 e. The summed E-state index contributed by atoms with van der Waals surface area (Å²) < 4.78 is 34.9. The number of ether oxygens (including phenoxy) is 1. The summed E-state index contributed by atoms with van der Waals surface area (Å²) in [5.74, 6) is -0.386. The number of likely N-dealkylation sites (N-methyl/N-ethyl adjacent to an activating group) is 1. The summed E-state index contributed by atoms with van der Waals surface area (Å²) in [5.41, 5.74) is 1.02. The molecule has 10 nitrogen and oxygen atoms in total. The number of imidazole rings is 1. The summed E-state index contributed by atoms with van der Waals surface area (Å²) in [6.07, 6.45) is 7.55. The van der Waals surface area contributed by atoms with Gasteiger partial charge in [-0.1, -0.05) is 19.1 Å². The molecule has 0 spiro atoms. The van der Waals surface area contributed by atoms with E-state index in [0.717, 1.165) is 5.56 Å². The largest absolute Gasteiger partial charge is 0.472 e. The van der Waals surface area contributed by atoms with Gasteiger partial charge in [-0.15, -0.1) is 0 Å². The third-order valence-electron chi connectivity index (χ3n) is 5.69. The first-order valence-corrected chi connectivity index (χ1v) is 12.2. The number of pyridine rings is 1. The average Bonchev–Trinajstić information content (AvgIpc) is 3.23. The van der Waals surface area contributed by atoms with Gasteiger partial charge in [0.15, 0.2) is 5.03 Å². The van der Waals surface area contributed by atoms with Gasteiger partial charge in [0.1, 0.15) is 11.7 Å². The van der Waals surface area contributed by atoms with Crippen LogP contribution in [0.15, 0.2) is 35.9 Å². The highest BCUT2D eigenvalue weighted by atomic mass is 32.2. The van der Waals surface area contributed by atoms with Gasteiger partial charge in [0.05, 0.1) is 25.5 Å². The van der Waals surface area contributed by atoms with E-state index in [2.05, 4.69) is 9.97 Å². The van der Waals surface area contributed by atoms with Crippen LogP contribution in [0.25, 0.3) is 6.08 Å². The summed E-state index contributed by atoms with van der Waals surface area (Å²) in [4.78, 5) is 23.2. The molecule has 0 fully saturated rings. The number of fused-ring (bicyclic) bond motifs is 1. The van der Waals surface area contributed by atoms with Crippen LogP contribution in [0.4, 0.5) is 0 Å². The van der Waals surface area contributed by atoms with Crippen molar-refractivity contribution >= 4 is 22.0 Å². The number of nitrogens with zero attached hydrogens (tertiary/aromatic N) is 5. The fraction of sp³-hybridized carbons (Fsp3) is 0.500. The zero-order valence-corrected chi connectivity index (χ0v) is 20.4. The molecule has 11 heteroatoms. The quantitative estimate of drug-likeness (QED) is 0.640. The van der Waals surface area contributed by atoms with Gasteiger partial charge < -0.3 is 19.3 Å². The van der Waals surface area contributed by atoms with E-state index in [1.165, 1.54) is 23.9 Å². The van der Waals surface area contributed by atoms with E-state index in [-0.39, 0.29) is 48.0 Å². The number of carbonyl (C=O) groups excluding carboxylic acids is 1. The van der Waals surface area contributed by atoms with Crippen molar-refractivity contribution in [2.75, 3.05) is 26.7 Å². The maximum atomic E-state index is 13.3. The summed E-state index contributed by atoms with van der Waals surface area (Å²) in [5, 5.41) is 9.69. The summed E-state index contributed by atoms with van der Waals surface area (Å²) in [6, 6.07) is 1.27. The molecule has 1 aliphatic rings. The number of sulfonamides is 1. The predicted octanol–water partition coefficient (Wildman–Crippen LogP) is 1.39. The molecule has 0 unspecified atom stereocenters. The lowest BCUT2D eigenvalue weighted by molar-refractivity contribution is 0.0373. The summed E-state index contributed by atoms with van der Waals surface area (Å²) in [7, 11) is -0.655. The first-order chi connectivity index (χ1) is 15.6. The average molecular weight is 478 g/mol.